The van der Waals surface area contributed by atoms with E-state index in [0.29, 0.717) is 0 Å². The summed E-state index contributed by atoms with van der Waals surface area (Å²) in [5, 5.41) is 2.89. The van der Waals surface area contributed by atoms with Crippen LogP contribution < -0.4 is 5.56 Å². The van der Waals surface area contributed by atoms with Gasteiger partial charge < -0.3 is 5.10 Å². The van der Waals surface area contributed by atoms with Gasteiger partial charge in [-0.2, -0.15) is 0 Å². The highest BCUT2D eigenvalue weighted by molar-refractivity contribution is 4.79. The minimum atomic E-state index is 0.0755. The number of aromatic nitrogens is 2. The van der Waals surface area contributed by atoms with Crippen molar-refractivity contribution in [1.82, 2.24) is 9.78 Å². The van der Waals surface area contributed by atoms with Gasteiger partial charge in [0.25, 0.3) is 5.56 Å². The maximum atomic E-state index is 11.0. The summed E-state index contributed by atoms with van der Waals surface area (Å²) in [6.45, 7) is 3.01. The van der Waals surface area contributed by atoms with Crippen LogP contribution in [0, 0.1) is 0 Å². The van der Waals surface area contributed by atoms with Crippen LogP contribution in [0.1, 0.15) is 32.6 Å². The van der Waals surface area contributed by atoms with Crippen LogP contribution in [0.15, 0.2) is 17.1 Å². The molecule has 1 heterocycles. The Morgan fingerprint density at radius 3 is 2.83 bits per heavy atom. The molecule has 0 saturated heterocycles. The number of nitrogens with zero attached hydrogens (tertiary/aromatic N) is 1. The molecule has 0 aliphatic carbocycles. The van der Waals surface area contributed by atoms with Crippen LogP contribution in [0.25, 0.3) is 0 Å². The smallest absolute Gasteiger partial charge is 0.266 e. The van der Waals surface area contributed by atoms with E-state index in [-0.39, 0.29) is 5.56 Å². The van der Waals surface area contributed by atoms with Crippen molar-refractivity contribution in [2.75, 3.05) is 0 Å². The monoisotopic (exact) mass is 168 g/mol. The lowest BCUT2D eigenvalue weighted by molar-refractivity contribution is 0.530. The molecule has 0 radical (unpaired) electrons. The van der Waals surface area contributed by atoms with E-state index in [1.54, 1.807) is 16.9 Å². The zero-order chi connectivity index (χ0) is 8.81. The van der Waals surface area contributed by atoms with Crippen LogP contribution in [-0.2, 0) is 6.54 Å². The van der Waals surface area contributed by atoms with Crippen molar-refractivity contribution < 1.29 is 0 Å². The van der Waals surface area contributed by atoms with Gasteiger partial charge in [0.05, 0.1) is 0 Å². The standard InChI is InChI=1S/C9H16N2O/c1-2-3-4-5-8-11-9(12)6-7-10-11/h6-7,10H,2-5,8H2,1H3. The van der Waals surface area contributed by atoms with Crippen LogP contribution in [0.3, 0.4) is 0 Å². The first-order chi connectivity index (χ1) is 5.84. The molecule has 1 aromatic heterocycles. The highest BCUT2D eigenvalue weighted by Gasteiger charge is 1.94. The molecule has 1 N–H and O–H groups in total. The Kier molecular flexibility index (Phi) is 3.64. The minimum Gasteiger partial charge on any atom is -0.303 e. The molecular weight excluding hydrogens is 152 g/mol. The van der Waals surface area contributed by atoms with Gasteiger partial charge in [-0.1, -0.05) is 26.2 Å². The third-order valence-corrected chi connectivity index (χ3v) is 1.96. The molecule has 0 saturated carbocycles. The lowest BCUT2D eigenvalue weighted by Gasteiger charge is -1.99. The number of aromatic amines is 1. The van der Waals surface area contributed by atoms with Crippen molar-refractivity contribution in [1.29, 1.82) is 0 Å². The Hall–Kier alpha value is -0.990. The molecule has 0 bridgehead atoms. The van der Waals surface area contributed by atoms with Gasteiger partial charge in [0.2, 0.25) is 0 Å². The molecule has 0 aliphatic rings. The number of H-pyrrole nitrogens is 1. The fraction of sp³-hybridized carbons (Fsp3) is 0.667. The summed E-state index contributed by atoms with van der Waals surface area (Å²) in [5.74, 6) is 0. The van der Waals surface area contributed by atoms with Crippen molar-refractivity contribution in [3.63, 3.8) is 0 Å². The number of hydrogen-bond donors (Lipinski definition) is 1. The topological polar surface area (TPSA) is 37.8 Å². The molecule has 3 heteroatoms. The number of unbranched alkanes of at least 4 members (excludes halogenated alkanes) is 3. The van der Waals surface area contributed by atoms with Crippen LogP contribution in [0.4, 0.5) is 0 Å². The van der Waals surface area contributed by atoms with Crippen LogP contribution in [0.2, 0.25) is 0 Å². The fourth-order valence-corrected chi connectivity index (χ4v) is 1.22. The van der Waals surface area contributed by atoms with Gasteiger partial charge in [0.1, 0.15) is 0 Å². The van der Waals surface area contributed by atoms with Crippen molar-refractivity contribution >= 4 is 0 Å². The molecule has 0 fully saturated rings. The van der Waals surface area contributed by atoms with Crippen molar-refractivity contribution in [3.05, 3.63) is 22.6 Å². The number of hydrogen-bond acceptors (Lipinski definition) is 1. The van der Waals surface area contributed by atoms with Gasteiger partial charge in [0.15, 0.2) is 0 Å². The van der Waals surface area contributed by atoms with Crippen molar-refractivity contribution in [3.8, 4) is 0 Å². The second-order valence-electron chi connectivity index (χ2n) is 3.01. The maximum absolute atomic E-state index is 11.0. The van der Waals surface area contributed by atoms with Gasteiger partial charge in [-0.05, 0) is 6.42 Å². The lowest BCUT2D eigenvalue weighted by Crippen LogP contribution is -2.15. The summed E-state index contributed by atoms with van der Waals surface area (Å²) in [4.78, 5) is 11.0. The SMILES string of the molecule is CCCCCCn1[nH]ccc1=O. The fourth-order valence-electron chi connectivity index (χ4n) is 1.22. The van der Waals surface area contributed by atoms with Gasteiger partial charge in [-0.3, -0.25) is 9.48 Å². The Balaban J connectivity index is 2.24. The highest BCUT2D eigenvalue weighted by atomic mass is 16.1. The summed E-state index contributed by atoms with van der Waals surface area (Å²) in [5.41, 5.74) is 0.0755. The molecule has 0 aromatic carbocycles. The Morgan fingerprint density at radius 1 is 1.42 bits per heavy atom. The van der Waals surface area contributed by atoms with E-state index in [0.717, 1.165) is 13.0 Å². The van der Waals surface area contributed by atoms with Crippen LogP contribution in [0.5, 0.6) is 0 Å². The summed E-state index contributed by atoms with van der Waals surface area (Å²) in [6, 6.07) is 1.56. The molecule has 0 atom stereocenters. The normalized spacial score (nSPS) is 10.4. The van der Waals surface area contributed by atoms with Crippen LogP contribution >= 0.6 is 0 Å². The number of aryl methyl sites for hydroxylation is 1. The van der Waals surface area contributed by atoms with Gasteiger partial charge in [-0.15, -0.1) is 0 Å². The second kappa shape index (κ2) is 4.80. The molecule has 0 spiro atoms. The third-order valence-electron chi connectivity index (χ3n) is 1.96. The van der Waals surface area contributed by atoms with Gasteiger partial charge in [0, 0.05) is 18.8 Å². The highest BCUT2D eigenvalue weighted by Crippen LogP contribution is 1.99. The molecule has 0 aliphatic heterocycles. The third kappa shape index (κ3) is 2.57. The number of nitrogens with one attached hydrogen (secondary N) is 1. The molecule has 3 nitrogen and oxygen atoms in total. The first-order valence-corrected chi connectivity index (χ1v) is 4.59. The average molecular weight is 168 g/mol. The molecule has 1 rings (SSSR count). The van der Waals surface area contributed by atoms with E-state index in [2.05, 4.69) is 12.0 Å². The van der Waals surface area contributed by atoms with Crippen molar-refractivity contribution in [2.24, 2.45) is 0 Å². The van der Waals surface area contributed by atoms with E-state index in [4.69, 9.17) is 0 Å². The van der Waals surface area contributed by atoms with Gasteiger partial charge >= 0.3 is 0 Å². The van der Waals surface area contributed by atoms with E-state index in [1.807, 2.05) is 0 Å². The zero-order valence-corrected chi connectivity index (χ0v) is 7.55. The largest absolute Gasteiger partial charge is 0.303 e. The first kappa shape index (κ1) is 9.10. The van der Waals surface area contributed by atoms with E-state index in [1.165, 1.54) is 19.3 Å². The Morgan fingerprint density at radius 2 is 2.25 bits per heavy atom. The Labute approximate surface area is 72.4 Å². The lowest BCUT2D eigenvalue weighted by atomic mass is 10.2. The number of rotatable bonds is 5. The summed E-state index contributed by atoms with van der Waals surface area (Å²) >= 11 is 0. The average Bonchev–Trinajstić information content (AvgIpc) is 2.46. The molecule has 68 valence electrons. The minimum absolute atomic E-state index is 0.0755. The van der Waals surface area contributed by atoms with E-state index < -0.39 is 0 Å². The van der Waals surface area contributed by atoms with E-state index in [9.17, 15) is 4.79 Å². The van der Waals surface area contributed by atoms with Crippen molar-refractivity contribution in [2.45, 2.75) is 39.2 Å². The molecular formula is C9H16N2O. The molecule has 1 aromatic rings. The zero-order valence-electron chi connectivity index (χ0n) is 7.55. The predicted octanol–water partition coefficient (Wildman–Crippen LogP) is 1.76. The quantitative estimate of drug-likeness (QED) is 0.668. The second-order valence-corrected chi connectivity index (χ2v) is 3.01. The molecule has 0 amide bonds. The maximum Gasteiger partial charge on any atom is 0.266 e. The summed E-state index contributed by atoms with van der Waals surface area (Å²) < 4.78 is 1.65. The summed E-state index contributed by atoms with van der Waals surface area (Å²) in [7, 11) is 0. The first-order valence-electron chi connectivity index (χ1n) is 4.59. The van der Waals surface area contributed by atoms with Gasteiger partial charge in [-0.25, -0.2) is 0 Å². The van der Waals surface area contributed by atoms with E-state index >= 15 is 0 Å². The molecule has 0 unspecified atom stereocenters. The van der Waals surface area contributed by atoms with Crippen LogP contribution in [-0.4, -0.2) is 9.78 Å². The molecule has 12 heavy (non-hydrogen) atoms. The predicted molar refractivity (Wildman–Crippen MR) is 49.2 cm³/mol. The summed E-state index contributed by atoms with van der Waals surface area (Å²) in [6.07, 6.45) is 6.48. The Bertz CT molecular complexity index is 261.